The van der Waals surface area contributed by atoms with Gasteiger partial charge in [0.2, 0.25) is 0 Å². The molecule has 4 aromatic rings. The average molecular weight is 622 g/mol. The third-order valence-corrected chi connectivity index (χ3v) is 8.70. The van der Waals surface area contributed by atoms with Crippen LogP contribution in [0.3, 0.4) is 0 Å². The van der Waals surface area contributed by atoms with E-state index in [1.54, 1.807) is 0 Å². The van der Waals surface area contributed by atoms with E-state index in [9.17, 15) is 26.3 Å². The summed E-state index contributed by atoms with van der Waals surface area (Å²) in [5, 5.41) is 0. The van der Waals surface area contributed by atoms with Crippen molar-refractivity contribution >= 4 is 45.3 Å². The number of alkyl halides is 6. The summed E-state index contributed by atoms with van der Waals surface area (Å²) in [6.07, 6.45) is -9.04. The molecule has 0 atom stereocenters. The maximum atomic E-state index is 13.2. The summed E-state index contributed by atoms with van der Waals surface area (Å²) < 4.78 is 87.0. The van der Waals surface area contributed by atoms with Gasteiger partial charge in [-0.05, 0) is 59.8 Å². The first-order valence-corrected chi connectivity index (χ1v) is 12.6. The molecule has 5 rings (SSSR count). The molecule has 0 radical (unpaired) electrons. The molecule has 0 aliphatic carbocycles. The Balaban J connectivity index is 1.78. The predicted molar refractivity (Wildman–Crippen MR) is 128 cm³/mol. The number of hydrogen-bond donors (Lipinski definition) is 0. The largest absolute Gasteiger partial charge is 0.471 e. The summed E-state index contributed by atoms with van der Waals surface area (Å²) in [7, 11) is 0. The highest BCUT2D eigenvalue weighted by Gasteiger charge is 2.47. The van der Waals surface area contributed by atoms with E-state index in [4.69, 9.17) is 4.74 Å². The lowest BCUT2D eigenvalue weighted by molar-refractivity contribution is -0.138. The lowest BCUT2D eigenvalue weighted by Crippen LogP contribution is -2.38. The van der Waals surface area contributed by atoms with Crippen LogP contribution in [-0.2, 0) is 18.0 Å². The maximum absolute atomic E-state index is 13.2. The van der Waals surface area contributed by atoms with Crippen molar-refractivity contribution in [3.8, 4) is 15.5 Å². The Morgan fingerprint density at radius 3 is 1.71 bits per heavy atom. The molecule has 3 heterocycles. The molecule has 0 fully saturated rings. The number of rotatable bonds is 2. The van der Waals surface area contributed by atoms with Gasteiger partial charge in [0, 0.05) is 27.6 Å². The molecule has 2 aromatic heterocycles. The number of aryl methyl sites for hydroxylation is 1. The predicted octanol–water partition coefficient (Wildman–Crippen LogP) is 9.11. The Labute approximate surface area is 212 Å². The van der Waals surface area contributed by atoms with E-state index in [1.807, 2.05) is 19.1 Å². The first-order valence-electron chi connectivity index (χ1n) is 9.85. The number of benzene rings is 2. The van der Waals surface area contributed by atoms with Gasteiger partial charge in [-0.3, -0.25) is 0 Å². The van der Waals surface area contributed by atoms with Gasteiger partial charge in [0.05, 0.1) is 23.8 Å². The maximum Gasteiger partial charge on any atom is 0.416 e. The monoisotopic (exact) mass is 622 g/mol. The van der Waals surface area contributed by atoms with Crippen LogP contribution >= 0.6 is 45.3 Å². The van der Waals surface area contributed by atoms with E-state index < -0.39 is 29.1 Å². The summed E-state index contributed by atoms with van der Waals surface area (Å²) >= 11 is 5.21. The minimum atomic E-state index is -4.52. The molecule has 0 spiro atoms. The fourth-order valence-electron chi connectivity index (χ4n) is 4.13. The number of halogens is 7. The number of hydrogen-bond acceptors (Lipinski definition) is 3. The standard InChI is InChI=1S/C24H13F6IOS2/c1-12-10-17-20(33-12)21-18(11-19(31)34-21)32-22(17,13-2-6-15(7-3-13)23(25,26)27)14-4-8-16(9-5-14)24(28,29)30/h2-11H,1H3. The molecule has 0 bridgehead atoms. The zero-order chi connectivity index (χ0) is 24.5. The van der Waals surface area contributed by atoms with E-state index in [2.05, 4.69) is 22.6 Å². The SMILES string of the molecule is Cc1cc2c(s1)-c1sc(I)cc1OC2(c1ccc(C(F)(F)F)cc1)c1ccc(C(F)(F)F)cc1. The van der Waals surface area contributed by atoms with Crippen LogP contribution in [0.5, 0.6) is 5.75 Å². The first kappa shape index (κ1) is 23.7. The molecule has 1 aliphatic rings. The van der Waals surface area contributed by atoms with Crippen LogP contribution in [-0.4, -0.2) is 0 Å². The fourth-order valence-corrected chi connectivity index (χ4v) is 7.09. The van der Waals surface area contributed by atoms with Gasteiger partial charge in [-0.25, -0.2) is 0 Å². The number of thiophene rings is 2. The Hall–Kier alpha value is -2.05. The molecule has 0 amide bonds. The van der Waals surface area contributed by atoms with Gasteiger partial charge >= 0.3 is 12.4 Å². The second-order valence-electron chi connectivity index (χ2n) is 7.78. The average Bonchev–Trinajstić information content (AvgIpc) is 3.33. The van der Waals surface area contributed by atoms with Gasteiger partial charge in [0.25, 0.3) is 0 Å². The zero-order valence-electron chi connectivity index (χ0n) is 17.1. The molecule has 2 aromatic carbocycles. The van der Waals surface area contributed by atoms with Crippen molar-refractivity contribution in [1.82, 2.24) is 0 Å². The normalized spacial score (nSPS) is 14.9. The molecule has 34 heavy (non-hydrogen) atoms. The van der Waals surface area contributed by atoms with Crippen molar-refractivity contribution in [2.24, 2.45) is 0 Å². The summed E-state index contributed by atoms with van der Waals surface area (Å²) in [6, 6.07) is 12.9. The molecule has 0 saturated carbocycles. The van der Waals surface area contributed by atoms with Crippen LogP contribution in [0, 0.1) is 9.81 Å². The highest BCUT2D eigenvalue weighted by molar-refractivity contribution is 14.1. The molecular formula is C24H13F6IOS2. The van der Waals surface area contributed by atoms with Gasteiger partial charge in [-0.1, -0.05) is 24.3 Å². The Morgan fingerprint density at radius 1 is 0.735 bits per heavy atom. The van der Waals surface area contributed by atoms with Crippen LogP contribution < -0.4 is 4.74 Å². The van der Waals surface area contributed by atoms with E-state index >= 15 is 0 Å². The van der Waals surface area contributed by atoms with E-state index in [0.717, 1.165) is 41.8 Å². The van der Waals surface area contributed by atoms with Crippen molar-refractivity contribution in [2.75, 3.05) is 0 Å². The molecule has 1 aliphatic heterocycles. The molecule has 176 valence electrons. The zero-order valence-corrected chi connectivity index (χ0v) is 20.9. The molecule has 10 heteroatoms. The summed E-state index contributed by atoms with van der Waals surface area (Å²) in [6.45, 7) is 1.91. The lowest BCUT2D eigenvalue weighted by atomic mass is 9.78. The first-order chi connectivity index (χ1) is 15.9. The van der Waals surface area contributed by atoms with Crippen molar-refractivity contribution in [2.45, 2.75) is 24.9 Å². The Kier molecular flexibility index (Phi) is 5.56. The Bertz CT molecular complexity index is 1310. The van der Waals surface area contributed by atoms with Crippen molar-refractivity contribution in [3.63, 3.8) is 0 Å². The van der Waals surface area contributed by atoms with E-state index in [1.165, 1.54) is 46.9 Å². The van der Waals surface area contributed by atoms with Crippen LogP contribution in [0.15, 0.2) is 60.7 Å². The van der Waals surface area contributed by atoms with Gasteiger partial charge in [0.1, 0.15) is 5.75 Å². The summed E-state index contributed by atoms with van der Waals surface area (Å²) in [4.78, 5) is 2.74. The quantitative estimate of drug-likeness (QED) is 0.160. The number of ether oxygens (including phenoxy) is 1. The molecule has 0 saturated heterocycles. The lowest BCUT2D eigenvalue weighted by Gasteiger charge is -2.39. The fraction of sp³-hybridized carbons (Fsp3) is 0.167. The minimum absolute atomic E-state index is 0.395. The van der Waals surface area contributed by atoms with Crippen molar-refractivity contribution < 1.29 is 31.1 Å². The van der Waals surface area contributed by atoms with Gasteiger partial charge in [0.15, 0.2) is 5.60 Å². The smallest absolute Gasteiger partial charge is 0.416 e. The van der Waals surface area contributed by atoms with Gasteiger partial charge < -0.3 is 4.74 Å². The summed E-state index contributed by atoms with van der Waals surface area (Å²) in [5.41, 5.74) is -1.56. The highest BCUT2D eigenvalue weighted by atomic mass is 127. The third kappa shape index (κ3) is 3.83. The highest BCUT2D eigenvalue weighted by Crippen LogP contribution is 2.57. The van der Waals surface area contributed by atoms with Crippen molar-refractivity contribution in [1.29, 1.82) is 0 Å². The second kappa shape index (κ2) is 7.99. The van der Waals surface area contributed by atoms with Crippen LogP contribution in [0.25, 0.3) is 9.75 Å². The third-order valence-electron chi connectivity index (χ3n) is 5.61. The van der Waals surface area contributed by atoms with Gasteiger partial charge in [-0.15, -0.1) is 22.7 Å². The van der Waals surface area contributed by atoms with Crippen LogP contribution in [0.2, 0.25) is 0 Å². The van der Waals surface area contributed by atoms with Gasteiger partial charge in [-0.2, -0.15) is 26.3 Å². The minimum Gasteiger partial charge on any atom is -0.471 e. The Morgan fingerprint density at radius 2 is 1.24 bits per heavy atom. The summed E-state index contributed by atoms with van der Waals surface area (Å²) in [5.74, 6) is 0.545. The van der Waals surface area contributed by atoms with Crippen LogP contribution in [0.1, 0.15) is 32.7 Å². The number of fused-ring (bicyclic) bond motifs is 3. The molecule has 0 unspecified atom stereocenters. The van der Waals surface area contributed by atoms with E-state index in [-0.39, 0.29) is 0 Å². The molecule has 1 nitrogen and oxygen atoms in total. The topological polar surface area (TPSA) is 9.23 Å². The second-order valence-corrected chi connectivity index (χ2v) is 12.0. The molecular weight excluding hydrogens is 609 g/mol. The van der Waals surface area contributed by atoms with Crippen LogP contribution in [0.4, 0.5) is 26.3 Å². The molecule has 0 N–H and O–H groups in total. The van der Waals surface area contributed by atoms with Crippen molar-refractivity contribution in [3.05, 3.63) is 96.2 Å². The van der Waals surface area contributed by atoms with E-state index in [0.29, 0.717) is 22.4 Å².